The monoisotopic (exact) mass is 289 g/mol. The van der Waals surface area contributed by atoms with Gasteiger partial charge in [0.25, 0.3) is 0 Å². The molecule has 3 nitrogen and oxygen atoms in total. The number of nitrogens with two attached hydrogens (primary N) is 1. The van der Waals surface area contributed by atoms with Gasteiger partial charge in [0.2, 0.25) is 0 Å². The van der Waals surface area contributed by atoms with Crippen molar-refractivity contribution >= 4 is 21.9 Å². The molecule has 3 N–H and O–H groups in total. The quantitative estimate of drug-likeness (QED) is 0.894. The van der Waals surface area contributed by atoms with Crippen molar-refractivity contribution in [3.05, 3.63) is 34.1 Å². The fraction of sp³-hybridized carbons (Fsp3) is 0.364. The predicted molar refractivity (Wildman–Crippen MR) is 62.8 cm³/mol. The number of hydrogen-bond acceptors (Lipinski definition) is 2. The molecule has 1 rings (SSSR count). The van der Waals surface area contributed by atoms with Crippen molar-refractivity contribution in [3.63, 3.8) is 0 Å². The summed E-state index contributed by atoms with van der Waals surface area (Å²) in [5.41, 5.74) is 5.64. The van der Waals surface area contributed by atoms with Gasteiger partial charge in [0.15, 0.2) is 0 Å². The van der Waals surface area contributed by atoms with Crippen LogP contribution in [0.15, 0.2) is 22.7 Å². The summed E-state index contributed by atoms with van der Waals surface area (Å²) in [7, 11) is 0. The summed E-state index contributed by atoms with van der Waals surface area (Å²) in [6.07, 6.45) is -0.0818. The Labute approximate surface area is 102 Å². The third-order valence-electron chi connectivity index (χ3n) is 2.61. The van der Waals surface area contributed by atoms with Gasteiger partial charge in [-0.05, 0) is 33.6 Å². The van der Waals surface area contributed by atoms with E-state index in [9.17, 15) is 9.18 Å². The number of halogens is 2. The molecule has 0 aliphatic heterocycles. The van der Waals surface area contributed by atoms with E-state index in [2.05, 4.69) is 15.9 Å². The number of carboxylic acids is 1. The predicted octanol–water partition coefficient (Wildman–Crippen LogP) is 2.28. The number of aliphatic carboxylic acids is 1. The molecular formula is C11H13BrFNO2. The van der Waals surface area contributed by atoms with Crippen LogP contribution in [0.5, 0.6) is 0 Å². The minimum Gasteiger partial charge on any atom is -0.481 e. The maximum atomic E-state index is 13.1. The van der Waals surface area contributed by atoms with Crippen molar-refractivity contribution in [1.82, 2.24) is 0 Å². The highest BCUT2D eigenvalue weighted by Gasteiger charge is 2.28. The van der Waals surface area contributed by atoms with Gasteiger partial charge in [-0.15, -0.1) is 0 Å². The normalized spacial score (nSPS) is 14.5. The molecule has 16 heavy (non-hydrogen) atoms. The van der Waals surface area contributed by atoms with Crippen LogP contribution in [-0.4, -0.2) is 17.6 Å². The Balaban J connectivity index is 3.12. The molecule has 0 fully saturated rings. The van der Waals surface area contributed by atoms with E-state index in [4.69, 9.17) is 10.8 Å². The fourth-order valence-corrected chi connectivity index (χ4v) is 1.88. The topological polar surface area (TPSA) is 63.3 Å². The molecule has 1 atom stereocenters. The van der Waals surface area contributed by atoms with Gasteiger partial charge in [-0.1, -0.05) is 13.0 Å². The van der Waals surface area contributed by atoms with Crippen LogP contribution >= 0.6 is 15.9 Å². The molecule has 0 aliphatic carbocycles. The fourth-order valence-electron chi connectivity index (χ4n) is 1.50. The first-order chi connectivity index (χ1) is 7.39. The molecule has 0 amide bonds. The Hall–Kier alpha value is -0.940. The van der Waals surface area contributed by atoms with Crippen LogP contribution in [-0.2, 0) is 10.2 Å². The third kappa shape index (κ3) is 2.80. The van der Waals surface area contributed by atoms with Gasteiger partial charge in [-0.3, -0.25) is 4.79 Å². The third-order valence-corrected chi connectivity index (χ3v) is 3.22. The van der Waals surface area contributed by atoms with E-state index in [1.807, 2.05) is 0 Å². The lowest BCUT2D eigenvalue weighted by Crippen LogP contribution is -2.34. The minimum absolute atomic E-state index is 0.0818. The van der Waals surface area contributed by atoms with Crippen molar-refractivity contribution in [1.29, 1.82) is 0 Å². The molecule has 1 aromatic rings. The molecule has 0 saturated carbocycles. The standard InChI is InChI=1S/C11H13BrFNO2/c1-11(6-14,5-10(15)16)7-2-3-9(13)8(12)4-7/h2-4H,5-6,14H2,1H3,(H,15,16). The molecule has 0 bridgehead atoms. The SMILES string of the molecule is CC(CN)(CC(=O)O)c1ccc(F)c(Br)c1. The highest BCUT2D eigenvalue weighted by molar-refractivity contribution is 9.10. The smallest absolute Gasteiger partial charge is 0.304 e. The zero-order valence-corrected chi connectivity index (χ0v) is 10.4. The number of carboxylic acid groups (broad SMARTS) is 1. The van der Waals surface area contributed by atoms with Crippen LogP contribution in [0.25, 0.3) is 0 Å². The van der Waals surface area contributed by atoms with Crippen molar-refractivity contribution in [3.8, 4) is 0 Å². The number of carbonyl (C=O) groups is 1. The van der Waals surface area contributed by atoms with Crippen LogP contribution in [0.4, 0.5) is 4.39 Å². The first kappa shape index (κ1) is 13.1. The lowest BCUT2D eigenvalue weighted by Gasteiger charge is -2.26. The molecule has 0 aromatic heterocycles. The first-order valence-electron chi connectivity index (χ1n) is 4.76. The largest absolute Gasteiger partial charge is 0.481 e. The minimum atomic E-state index is -0.923. The van der Waals surface area contributed by atoms with Gasteiger partial charge in [-0.2, -0.15) is 0 Å². The lowest BCUT2D eigenvalue weighted by atomic mass is 9.79. The van der Waals surface area contributed by atoms with Crippen molar-refractivity contribution < 1.29 is 14.3 Å². The Bertz CT molecular complexity index is 411. The molecular weight excluding hydrogens is 277 g/mol. The summed E-state index contributed by atoms with van der Waals surface area (Å²) in [5, 5.41) is 8.82. The zero-order chi connectivity index (χ0) is 12.3. The second-order valence-electron chi connectivity index (χ2n) is 3.96. The van der Waals surface area contributed by atoms with Gasteiger partial charge in [0, 0.05) is 12.0 Å². The molecule has 0 heterocycles. The maximum absolute atomic E-state index is 13.1. The Morgan fingerprint density at radius 1 is 1.62 bits per heavy atom. The molecule has 1 aromatic carbocycles. The number of rotatable bonds is 4. The molecule has 0 aliphatic rings. The second-order valence-corrected chi connectivity index (χ2v) is 4.82. The van der Waals surface area contributed by atoms with Gasteiger partial charge < -0.3 is 10.8 Å². The van der Waals surface area contributed by atoms with E-state index < -0.39 is 11.4 Å². The van der Waals surface area contributed by atoms with E-state index in [-0.39, 0.29) is 18.8 Å². The van der Waals surface area contributed by atoms with Crippen LogP contribution < -0.4 is 5.73 Å². The number of benzene rings is 1. The van der Waals surface area contributed by atoms with Crippen LogP contribution in [0.1, 0.15) is 18.9 Å². The Morgan fingerprint density at radius 3 is 2.69 bits per heavy atom. The van der Waals surface area contributed by atoms with E-state index in [0.717, 1.165) is 0 Å². The summed E-state index contributed by atoms with van der Waals surface area (Å²) < 4.78 is 13.4. The van der Waals surface area contributed by atoms with Gasteiger partial charge in [0.1, 0.15) is 5.82 Å². The Morgan fingerprint density at radius 2 is 2.25 bits per heavy atom. The highest BCUT2D eigenvalue weighted by atomic mass is 79.9. The van der Waals surface area contributed by atoms with Gasteiger partial charge in [0.05, 0.1) is 10.9 Å². The Kier molecular flexibility index (Phi) is 4.04. The zero-order valence-electron chi connectivity index (χ0n) is 8.84. The molecule has 88 valence electrons. The summed E-state index contributed by atoms with van der Waals surface area (Å²) >= 11 is 3.07. The number of hydrogen-bond donors (Lipinski definition) is 2. The molecule has 1 unspecified atom stereocenters. The van der Waals surface area contributed by atoms with Crippen molar-refractivity contribution in [2.75, 3.05) is 6.54 Å². The van der Waals surface area contributed by atoms with Crippen LogP contribution in [0, 0.1) is 5.82 Å². The van der Waals surface area contributed by atoms with Crippen LogP contribution in [0.2, 0.25) is 0 Å². The first-order valence-corrected chi connectivity index (χ1v) is 5.56. The van der Waals surface area contributed by atoms with Crippen molar-refractivity contribution in [2.45, 2.75) is 18.8 Å². The molecule has 0 radical (unpaired) electrons. The summed E-state index contributed by atoms with van der Waals surface area (Å²) in [6.45, 7) is 1.94. The van der Waals surface area contributed by atoms with E-state index >= 15 is 0 Å². The molecule has 0 spiro atoms. The summed E-state index contributed by atoms with van der Waals surface area (Å²) in [6, 6.07) is 4.44. The van der Waals surface area contributed by atoms with Gasteiger partial charge >= 0.3 is 5.97 Å². The lowest BCUT2D eigenvalue weighted by molar-refractivity contribution is -0.138. The summed E-state index contributed by atoms with van der Waals surface area (Å²) in [5.74, 6) is -1.30. The van der Waals surface area contributed by atoms with Crippen molar-refractivity contribution in [2.24, 2.45) is 5.73 Å². The molecule has 5 heteroatoms. The average Bonchev–Trinajstić information content (AvgIpc) is 2.21. The van der Waals surface area contributed by atoms with E-state index in [0.29, 0.717) is 10.0 Å². The summed E-state index contributed by atoms with van der Waals surface area (Å²) in [4.78, 5) is 10.8. The van der Waals surface area contributed by atoms with Gasteiger partial charge in [-0.25, -0.2) is 4.39 Å². The highest BCUT2D eigenvalue weighted by Crippen LogP contribution is 2.29. The van der Waals surface area contributed by atoms with Crippen LogP contribution in [0.3, 0.4) is 0 Å². The van der Waals surface area contributed by atoms with E-state index in [1.165, 1.54) is 6.07 Å². The second kappa shape index (κ2) is 4.93. The average molecular weight is 290 g/mol. The van der Waals surface area contributed by atoms with E-state index in [1.54, 1.807) is 19.1 Å². The molecule has 0 saturated heterocycles. The maximum Gasteiger partial charge on any atom is 0.304 e.